The normalized spacial score (nSPS) is 30.3. The lowest BCUT2D eigenvalue weighted by atomic mass is 9.94. The van der Waals surface area contributed by atoms with Crippen molar-refractivity contribution in [1.29, 1.82) is 0 Å². The summed E-state index contributed by atoms with van der Waals surface area (Å²) in [5, 5.41) is 3.48. The molecule has 0 radical (unpaired) electrons. The number of hydrogen-bond acceptors (Lipinski definition) is 5. The van der Waals surface area contributed by atoms with Gasteiger partial charge in [0.05, 0.1) is 6.54 Å². The number of carbonyl (C=O) groups is 2. The Morgan fingerprint density at radius 3 is 2.50 bits per heavy atom. The maximum atomic E-state index is 13.6. The maximum Gasteiger partial charge on any atom is 0.328 e. The molecule has 30 heavy (non-hydrogen) atoms. The summed E-state index contributed by atoms with van der Waals surface area (Å²) in [6, 6.07) is 4.06. The van der Waals surface area contributed by atoms with E-state index in [0.717, 1.165) is 37.7 Å². The first-order chi connectivity index (χ1) is 13.5. The Morgan fingerprint density at radius 2 is 1.87 bits per heavy atom. The van der Waals surface area contributed by atoms with Gasteiger partial charge in [0.1, 0.15) is 18.9 Å². The molecule has 3 fully saturated rings. The van der Waals surface area contributed by atoms with Gasteiger partial charge in [-0.15, -0.1) is 24.8 Å². The van der Waals surface area contributed by atoms with Crippen molar-refractivity contribution in [2.75, 3.05) is 18.8 Å². The van der Waals surface area contributed by atoms with E-state index in [1.165, 1.54) is 19.3 Å². The van der Waals surface area contributed by atoms with Crippen molar-refractivity contribution in [3.63, 3.8) is 0 Å². The molecule has 5 N–H and O–H groups in total. The summed E-state index contributed by atoms with van der Waals surface area (Å²) in [7, 11) is 0. The SMILES string of the molecule is Cl.Cl.NC(=O)[C@]12C[C@H]1CCC[N+]2(Cc1ccc(N)nc1)C(=O)CNC1CCCCC1. The number of nitrogen functional groups attached to an aromatic ring is 1. The molecule has 2 saturated carbocycles. The average molecular weight is 459 g/mol. The smallest absolute Gasteiger partial charge is 0.328 e. The Hall–Kier alpha value is -1.41. The zero-order valence-corrected chi connectivity index (χ0v) is 19.0. The van der Waals surface area contributed by atoms with E-state index < -0.39 is 5.54 Å². The van der Waals surface area contributed by atoms with Gasteiger partial charge in [-0.25, -0.2) is 14.3 Å². The number of quaternary nitrogens is 1. The molecule has 168 valence electrons. The van der Waals surface area contributed by atoms with Gasteiger partial charge in [0.15, 0.2) is 5.54 Å². The van der Waals surface area contributed by atoms with Crippen LogP contribution >= 0.6 is 24.8 Å². The summed E-state index contributed by atoms with van der Waals surface area (Å²) in [6.45, 7) is 1.42. The highest BCUT2D eigenvalue weighted by Crippen LogP contribution is 2.58. The monoisotopic (exact) mass is 458 g/mol. The zero-order valence-electron chi connectivity index (χ0n) is 17.3. The van der Waals surface area contributed by atoms with E-state index >= 15 is 0 Å². The second-order valence-electron chi connectivity index (χ2n) is 8.88. The number of rotatable bonds is 6. The van der Waals surface area contributed by atoms with Crippen molar-refractivity contribution in [2.45, 2.75) is 69.5 Å². The number of halogens is 2. The van der Waals surface area contributed by atoms with Crippen molar-refractivity contribution in [2.24, 2.45) is 11.7 Å². The molecule has 3 aliphatic rings. The number of anilines is 1. The number of likely N-dealkylation sites (tertiary alicyclic amines) is 1. The van der Waals surface area contributed by atoms with Gasteiger partial charge in [-0.05, 0) is 37.8 Å². The standard InChI is InChI=1S/C21H31N5O2.2ClH/c22-18-9-8-15(12-25-18)14-26(10-4-5-16-11-21(16,26)20(23)28)19(27)13-24-17-6-2-1-3-7-17;;/h8-9,12,16-17,24H,1-7,10-11,13-14H2,(H3-,22,23,25,28);2*1H/p+1/t16-,21+,26?;;/m1../s1. The predicted octanol–water partition coefficient (Wildman–Crippen LogP) is 2.31. The summed E-state index contributed by atoms with van der Waals surface area (Å²) in [5.74, 6) is 0.433. The molecule has 7 nitrogen and oxygen atoms in total. The molecular formula is C21H34Cl2N5O2+. The Labute approximate surface area is 190 Å². The van der Waals surface area contributed by atoms with Crippen LogP contribution in [0.5, 0.6) is 0 Å². The lowest BCUT2D eigenvalue weighted by Gasteiger charge is -2.45. The summed E-state index contributed by atoms with van der Waals surface area (Å²) in [4.78, 5) is 30.4. The highest BCUT2D eigenvalue weighted by Gasteiger charge is 2.76. The van der Waals surface area contributed by atoms with Crippen LogP contribution in [-0.2, 0) is 16.1 Å². The minimum absolute atomic E-state index is 0. The fourth-order valence-corrected chi connectivity index (χ4v) is 5.69. The Morgan fingerprint density at radius 1 is 1.13 bits per heavy atom. The van der Waals surface area contributed by atoms with E-state index in [1.54, 1.807) is 12.3 Å². The van der Waals surface area contributed by atoms with Crippen LogP contribution in [0.3, 0.4) is 0 Å². The molecule has 2 aliphatic carbocycles. The molecule has 4 rings (SSSR count). The number of amides is 2. The van der Waals surface area contributed by atoms with Crippen LogP contribution in [-0.4, -0.2) is 46.0 Å². The van der Waals surface area contributed by atoms with Crippen molar-refractivity contribution in [1.82, 2.24) is 10.3 Å². The van der Waals surface area contributed by atoms with Crippen LogP contribution < -0.4 is 16.8 Å². The molecule has 2 heterocycles. The van der Waals surface area contributed by atoms with Gasteiger partial charge >= 0.3 is 5.91 Å². The van der Waals surface area contributed by atoms with Crippen LogP contribution in [0.2, 0.25) is 0 Å². The average Bonchev–Trinajstić information content (AvgIpc) is 3.46. The third-order valence-electron chi connectivity index (χ3n) is 7.28. The zero-order chi connectivity index (χ0) is 19.8. The molecule has 1 saturated heterocycles. The Bertz CT molecular complexity index is 756. The fraction of sp³-hybridized carbons (Fsp3) is 0.667. The predicted molar refractivity (Wildman–Crippen MR) is 121 cm³/mol. The third kappa shape index (κ3) is 4.31. The number of carbonyl (C=O) groups excluding carboxylic acids is 2. The molecule has 9 heteroatoms. The van der Waals surface area contributed by atoms with Crippen LogP contribution in [0.1, 0.15) is 56.9 Å². The van der Waals surface area contributed by atoms with Gasteiger partial charge in [-0.3, -0.25) is 4.79 Å². The van der Waals surface area contributed by atoms with Crippen LogP contribution in [0.4, 0.5) is 5.82 Å². The molecule has 1 aromatic heterocycles. The number of nitrogens with two attached hydrogens (primary N) is 2. The molecule has 0 bridgehead atoms. The number of nitrogens with zero attached hydrogens (tertiary/aromatic N) is 2. The number of piperidine rings is 1. The highest BCUT2D eigenvalue weighted by molar-refractivity contribution is 5.90. The summed E-state index contributed by atoms with van der Waals surface area (Å²) < 4.78 is 0.137. The van der Waals surface area contributed by atoms with Crippen molar-refractivity contribution >= 4 is 42.4 Å². The van der Waals surface area contributed by atoms with E-state index in [1.807, 2.05) is 6.07 Å². The fourth-order valence-electron chi connectivity index (χ4n) is 5.69. The van der Waals surface area contributed by atoms with Crippen LogP contribution in [0, 0.1) is 5.92 Å². The Balaban J connectivity index is 0.00000160. The molecular weight excluding hydrogens is 425 g/mol. The van der Waals surface area contributed by atoms with Gasteiger partial charge in [0.25, 0.3) is 5.91 Å². The second kappa shape index (κ2) is 9.81. The van der Waals surface area contributed by atoms with Crippen molar-refractivity contribution in [3.05, 3.63) is 23.9 Å². The van der Waals surface area contributed by atoms with E-state index in [4.69, 9.17) is 11.5 Å². The quantitative estimate of drug-likeness (QED) is 0.566. The van der Waals surface area contributed by atoms with Crippen molar-refractivity contribution in [3.8, 4) is 0 Å². The minimum Gasteiger partial charge on any atom is -0.384 e. The molecule has 0 aromatic carbocycles. The molecule has 1 aromatic rings. The highest BCUT2D eigenvalue weighted by atomic mass is 35.5. The first kappa shape index (κ1) is 24.9. The largest absolute Gasteiger partial charge is 0.384 e. The first-order valence-electron chi connectivity index (χ1n) is 10.6. The van der Waals surface area contributed by atoms with Gasteiger partial charge in [0.2, 0.25) is 0 Å². The van der Waals surface area contributed by atoms with Crippen LogP contribution in [0.25, 0.3) is 0 Å². The van der Waals surface area contributed by atoms with E-state index in [2.05, 4.69) is 10.3 Å². The molecule has 3 atom stereocenters. The molecule has 2 amide bonds. The lowest BCUT2D eigenvalue weighted by molar-refractivity contribution is -0.899. The number of aromatic nitrogens is 1. The molecule has 0 spiro atoms. The number of primary amides is 1. The van der Waals surface area contributed by atoms with Gasteiger partial charge in [-0.2, -0.15) is 0 Å². The minimum atomic E-state index is -0.745. The topological polar surface area (TPSA) is 111 Å². The summed E-state index contributed by atoms with van der Waals surface area (Å²) in [5.41, 5.74) is 11.8. The number of pyridine rings is 1. The van der Waals surface area contributed by atoms with Crippen molar-refractivity contribution < 1.29 is 14.1 Å². The lowest BCUT2D eigenvalue weighted by Crippen LogP contribution is -2.69. The van der Waals surface area contributed by atoms with Gasteiger partial charge < -0.3 is 16.8 Å². The van der Waals surface area contributed by atoms with E-state index in [0.29, 0.717) is 31.5 Å². The molecule has 1 unspecified atom stereocenters. The maximum absolute atomic E-state index is 13.6. The van der Waals surface area contributed by atoms with E-state index in [9.17, 15) is 9.59 Å². The van der Waals surface area contributed by atoms with Crippen LogP contribution in [0.15, 0.2) is 18.3 Å². The van der Waals surface area contributed by atoms with Gasteiger partial charge in [0, 0.05) is 30.1 Å². The first-order valence-corrected chi connectivity index (χ1v) is 10.6. The number of hydrogen-bond donors (Lipinski definition) is 3. The third-order valence-corrected chi connectivity index (χ3v) is 7.28. The number of nitrogens with one attached hydrogen (secondary N) is 1. The second-order valence-corrected chi connectivity index (χ2v) is 8.88. The Kier molecular flexibility index (Phi) is 8.13. The molecule has 1 aliphatic heterocycles. The van der Waals surface area contributed by atoms with Gasteiger partial charge in [-0.1, -0.05) is 19.3 Å². The number of fused-ring (bicyclic) bond motifs is 1. The summed E-state index contributed by atoms with van der Waals surface area (Å²) in [6.07, 6.45) is 10.3. The summed E-state index contributed by atoms with van der Waals surface area (Å²) >= 11 is 0. The van der Waals surface area contributed by atoms with E-state index in [-0.39, 0.29) is 47.0 Å².